The van der Waals surface area contributed by atoms with Gasteiger partial charge in [0.25, 0.3) is 5.69 Å². The molecule has 0 spiro atoms. The summed E-state index contributed by atoms with van der Waals surface area (Å²) < 4.78 is 5.41. The van der Waals surface area contributed by atoms with Crippen LogP contribution in [0.3, 0.4) is 0 Å². The molecule has 126 valence electrons. The predicted molar refractivity (Wildman–Crippen MR) is 87.5 cm³/mol. The number of anilines is 1. The zero-order valence-corrected chi connectivity index (χ0v) is 13.3. The van der Waals surface area contributed by atoms with Gasteiger partial charge < -0.3 is 15.4 Å². The minimum Gasteiger partial charge on any atom is -0.382 e. The molecule has 0 atom stereocenters. The second-order valence-electron chi connectivity index (χ2n) is 5.92. The highest BCUT2D eigenvalue weighted by Gasteiger charge is 2.36. The van der Waals surface area contributed by atoms with Crippen molar-refractivity contribution >= 4 is 17.4 Å². The van der Waals surface area contributed by atoms with Gasteiger partial charge in [0, 0.05) is 37.6 Å². The van der Waals surface area contributed by atoms with E-state index in [4.69, 9.17) is 4.74 Å². The first-order valence-electron chi connectivity index (χ1n) is 7.92. The number of ether oxygens (including phenoxy) is 1. The van der Waals surface area contributed by atoms with Crippen molar-refractivity contribution in [3.63, 3.8) is 0 Å². The lowest BCUT2D eigenvalue weighted by Crippen LogP contribution is -2.44. The van der Waals surface area contributed by atoms with Crippen molar-refractivity contribution < 1.29 is 14.5 Å². The van der Waals surface area contributed by atoms with Crippen molar-refractivity contribution in [3.05, 3.63) is 34.4 Å². The van der Waals surface area contributed by atoms with Crippen LogP contribution in [0.1, 0.15) is 32.6 Å². The summed E-state index contributed by atoms with van der Waals surface area (Å²) >= 11 is 0. The lowest BCUT2D eigenvalue weighted by Gasteiger charge is -2.42. The standard InChI is InChI=1S/C16H23N3O4/c1-2-23-10-9-16(7-4-8-16)12-17-15(20)18-13-5-3-6-14(11-13)19(21)22/h3,5-6,11H,2,4,7-10,12H2,1H3,(H2,17,18,20). The number of carbonyl (C=O) groups excluding carboxylic acids is 1. The van der Waals surface area contributed by atoms with Crippen molar-refractivity contribution in [2.75, 3.05) is 25.1 Å². The third-order valence-corrected chi connectivity index (χ3v) is 4.33. The van der Waals surface area contributed by atoms with Gasteiger partial charge >= 0.3 is 6.03 Å². The number of nitrogens with zero attached hydrogens (tertiary/aromatic N) is 1. The summed E-state index contributed by atoms with van der Waals surface area (Å²) in [4.78, 5) is 22.2. The zero-order valence-electron chi connectivity index (χ0n) is 13.3. The second kappa shape index (κ2) is 7.92. The number of hydrogen-bond donors (Lipinski definition) is 2. The Morgan fingerprint density at radius 2 is 2.22 bits per heavy atom. The van der Waals surface area contributed by atoms with Gasteiger partial charge in [-0.05, 0) is 37.7 Å². The van der Waals surface area contributed by atoms with Crippen LogP contribution in [0.5, 0.6) is 0 Å². The summed E-state index contributed by atoms with van der Waals surface area (Å²) in [6.45, 7) is 3.99. The molecule has 7 nitrogen and oxygen atoms in total. The quantitative estimate of drug-likeness (QED) is 0.436. The molecule has 7 heteroatoms. The van der Waals surface area contributed by atoms with Gasteiger partial charge in [0.15, 0.2) is 0 Å². The van der Waals surface area contributed by atoms with Crippen LogP contribution in [0.25, 0.3) is 0 Å². The monoisotopic (exact) mass is 321 g/mol. The zero-order chi connectivity index (χ0) is 16.7. The Balaban J connectivity index is 1.82. The average molecular weight is 321 g/mol. The maximum Gasteiger partial charge on any atom is 0.319 e. The van der Waals surface area contributed by atoms with Crippen LogP contribution in [0, 0.1) is 15.5 Å². The summed E-state index contributed by atoms with van der Waals surface area (Å²) in [5, 5.41) is 16.2. The van der Waals surface area contributed by atoms with Gasteiger partial charge in [0.1, 0.15) is 0 Å². The SMILES string of the molecule is CCOCCC1(CNC(=O)Nc2cccc([N+](=O)[O-])c2)CCC1. The lowest BCUT2D eigenvalue weighted by atomic mass is 9.67. The Morgan fingerprint density at radius 3 is 2.83 bits per heavy atom. The molecule has 0 radical (unpaired) electrons. The second-order valence-corrected chi connectivity index (χ2v) is 5.92. The number of carbonyl (C=O) groups is 1. The molecule has 1 saturated carbocycles. The molecular weight excluding hydrogens is 298 g/mol. The summed E-state index contributed by atoms with van der Waals surface area (Å²) in [6, 6.07) is 5.56. The molecular formula is C16H23N3O4. The Kier molecular flexibility index (Phi) is 5.92. The molecule has 1 fully saturated rings. The number of nitrogens with one attached hydrogen (secondary N) is 2. The van der Waals surface area contributed by atoms with Crippen LogP contribution in [0.15, 0.2) is 24.3 Å². The number of urea groups is 1. The normalized spacial score (nSPS) is 15.5. The minimum atomic E-state index is -0.486. The molecule has 1 aromatic carbocycles. The van der Waals surface area contributed by atoms with Crippen LogP contribution in [-0.2, 0) is 4.74 Å². The van der Waals surface area contributed by atoms with Crippen molar-refractivity contribution in [1.29, 1.82) is 0 Å². The Morgan fingerprint density at radius 1 is 1.43 bits per heavy atom. The molecule has 0 saturated heterocycles. The molecule has 2 rings (SSSR count). The van der Waals surface area contributed by atoms with Gasteiger partial charge in [0.2, 0.25) is 0 Å². The number of non-ortho nitro benzene ring substituents is 1. The maximum absolute atomic E-state index is 12.0. The largest absolute Gasteiger partial charge is 0.382 e. The van der Waals surface area contributed by atoms with E-state index in [0.29, 0.717) is 25.4 Å². The van der Waals surface area contributed by atoms with E-state index in [2.05, 4.69) is 10.6 Å². The molecule has 23 heavy (non-hydrogen) atoms. The van der Waals surface area contributed by atoms with Crippen molar-refractivity contribution in [3.8, 4) is 0 Å². The van der Waals surface area contributed by atoms with Crippen LogP contribution >= 0.6 is 0 Å². The van der Waals surface area contributed by atoms with Crippen LogP contribution in [0.4, 0.5) is 16.2 Å². The Bertz CT molecular complexity index is 558. The number of nitro groups is 1. The highest BCUT2D eigenvalue weighted by Crippen LogP contribution is 2.43. The van der Waals surface area contributed by atoms with E-state index in [-0.39, 0.29) is 17.1 Å². The molecule has 2 amide bonds. The van der Waals surface area contributed by atoms with Crippen LogP contribution < -0.4 is 10.6 Å². The molecule has 1 aliphatic rings. The number of benzene rings is 1. The predicted octanol–water partition coefficient (Wildman–Crippen LogP) is 3.31. The lowest BCUT2D eigenvalue weighted by molar-refractivity contribution is -0.384. The molecule has 0 unspecified atom stereocenters. The molecule has 0 aliphatic heterocycles. The molecule has 0 bridgehead atoms. The van der Waals surface area contributed by atoms with Gasteiger partial charge in [-0.1, -0.05) is 12.5 Å². The first kappa shape index (κ1) is 17.2. The van der Waals surface area contributed by atoms with E-state index in [0.717, 1.165) is 19.3 Å². The summed E-state index contributed by atoms with van der Waals surface area (Å²) in [7, 11) is 0. The highest BCUT2D eigenvalue weighted by molar-refractivity contribution is 5.89. The fourth-order valence-corrected chi connectivity index (χ4v) is 2.77. The molecule has 2 N–H and O–H groups in total. The number of rotatable bonds is 8. The first-order chi connectivity index (χ1) is 11.0. The topological polar surface area (TPSA) is 93.5 Å². The van der Waals surface area contributed by atoms with Gasteiger partial charge in [-0.25, -0.2) is 4.79 Å². The Hall–Kier alpha value is -2.15. The van der Waals surface area contributed by atoms with Gasteiger partial charge in [-0.3, -0.25) is 10.1 Å². The summed E-state index contributed by atoms with van der Waals surface area (Å²) in [5.41, 5.74) is 0.499. The Labute approximate surface area is 135 Å². The van der Waals surface area contributed by atoms with Gasteiger partial charge in [0.05, 0.1) is 4.92 Å². The summed E-state index contributed by atoms with van der Waals surface area (Å²) in [5.74, 6) is 0. The fraction of sp³-hybridized carbons (Fsp3) is 0.562. The third kappa shape index (κ3) is 4.92. The molecule has 1 aromatic rings. The third-order valence-electron chi connectivity index (χ3n) is 4.33. The minimum absolute atomic E-state index is 0.0463. The fourth-order valence-electron chi connectivity index (χ4n) is 2.77. The smallest absolute Gasteiger partial charge is 0.319 e. The van der Waals surface area contributed by atoms with E-state index in [1.165, 1.54) is 18.6 Å². The molecule has 1 aliphatic carbocycles. The summed E-state index contributed by atoms with van der Waals surface area (Å²) in [6.07, 6.45) is 4.31. The van der Waals surface area contributed by atoms with E-state index in [1.807, 2.05) is 6.92 Å². The van der Waals surface area contributed by atoms with Crippen molar-refractivity contribution in [1.82, 2.24) is 5.32 Å². The molecule has 0 aromatic heterocycles. The van der Waals surface area contributed by atoms with E-state index >= 15 is 0 Å². The average Bonchev–Trinajstić information content (AvgIpc) is 2.49. The van der Waals surface area contributed by atoms with E-state index in [9.17, 15) is 14.9 Å². The van der Waals surface area contributed by atoms with E-state index in [1.54, 1.807) is 12.1 Å². The first-order valence-corrected chi connectivity index (χ1v) is 7.92. The van der Waals surface area contributed by atoms with E-state index < -0.39 is 4.92 Å². The molecule has 0 heterocycles. The number of amides is 2. The van der Waals surface area contributed by atoms with Gasteiger partial charge in [-0.15, -0.1) is 0 Å². The van der Waals surface area contributed by atoms with Crippen molar-refractivity contribution in [2.45, 2.75) is 32.6 Å². The number of hydrogen-bond acceptors (Lipinski definition) is 4. The van der Waals surface area contributed by atoms with Crippen LogP contribution in [-0.4, -0.2) is 30.7 Å². The maximum atomic E-state index is 12.0. The number of nitro benzene ring substituents is 1. The van der Waals surface area contributed by atoms with Gasteiger partial charge in [-0.2, -0.15) is 0 Å². The highest BCUT2D eigenvalue weighted by atomic mass is 16.6. The van der Waals surface area contributed by atoms with Crippen molar-refractivity contribution in [2.24, 2.45) is 5.41 Å². The van der Waals surface area contributed by atoms with Crippen LogP contribution in [0.2, 0.25) is 0 Å².